The highest BCUT2D eigenvalue weighted by Crippen LogP contribution is 2.16. The lowest BCUT2D eigenvalue weighted by Gasteiger charge is -2.11. The topological polar surface area (TPSA) is 51.0 Å². The molecule has 0 spiro atoms. The van der Waals surface area contributed by atoms with Crippen LogP contribution in [0.4, 0.5) is 5.69 Å². The van der Waals surface area contributed by atoms with Gasteiger partial charge in [0.25, 0.3) is 0 Å². The molecule has 2 aromatic heterocycles. The van der Waals surface area contributed by atoms with Crippen molar-refractivity contribution in [3.8, 4) is 5.69 Å². The predicted molar refractivity (Wildman–Crippen MR) is 65.2 cm³/mol. The van der Waals surface area contributed by atoms with Gasteiger partial charge in [0.1, 0.15) is 0 Å². The molecule has 17 heavy (non-hydrogen) atoms. The third-order valence-corrected chi connectivity index (χ3v) is 2.69. The van der Waals surface area contributed by atoms with E-state index in [1.54, 1.807) is 35.2 Å². The SMILES string of the molecule is CC(=O)N(C)c1cnn(-c2cnccc2C)c1. The molecule has 0 aliphatic rings. The van der Waals surface area contributed by atoms with E-state index < -0.39 is 0 Å². The van der Waals surface area contributed by atoms with Gasteiger partial charge in [-0.05, 0) is 18.6 Å². The standard InChI is InChI=1S/C12H14N4O/c1-9-4-5-13-7-12(9)16-8-11(6-14-16)15(3)10(2)17/h4-8H,1-3H3. The molecule has 0 radical (unpaired) electrons. The van der Waals surface area contributed by atoms with E-state index >= 15 is 0 Å². The van der Waals surface area contributed by atoms with E-state index in [1.165, 1.54) is 6.92 Å². The Morgan fingerprint density at radius 2 is 2.18 bits per heavy atom. The van der Waals surface area contributed by atoms with Crippen LogP contribution < -0.4 is 4.90 Å². The fourth-order valence-electron chi connectivity index (χ4n) is 1.50. The van der Waals surface area contributed by atoms with Gasteiger partial charge in [-0.2, -0.15) is 5.10 Å². The van der Waals surface area contributed by atoms with E-state index in [1.807, 2.05) is 19.2 Å². The number of aromatic nitrogens is 3. The molecule has 0 aliphatic heterocycles. The molecule has 88 valence electrons. The van der Waals surface area contributed by atoms with Crippen LogP contribution in [0.3, 0.4) is 0 Å². The van der Waals surface area contributed by atoms with Crippen LogP contribution in [0.2, 0.25) is 0 Å². The third kappa shape index (κ3) is 2.18. The Bertz CT molecular complexity index is 547. The van der Waals surface area contributed by atoms with Crippen molar-refractivity contribution in [2.75, 3.05) is 11.9 Å². The Labute approximate surface area is 99.7 Å². The van der Waals surface area contributed by atoms with Gasteiger partial charge in [-0.3, -0.25) is 9.78 Å². The number of pyridine rings is 1. The average Bonchev–Trinajstić information content (AvgIpc) is 2.77. The maximum absolute atomic E-state index is 11.2. The summed E-state index contributed by atoms with van der Waals surface area (Å²) in [5, 5.41) is 4.23. The summed E-state index contributed by atoms with van der Waals surface area (Å²) in [6.07, 6.45) is 6.96. The van der Waals surface area contributed by atoms with Crippen LogP contribution in [-0.2, 0) is 4.79 Å². The fraction of sp³-hybridized carbons (Fsp3) is 0.250. The number of aryl methyl sites for hydroxylation is 1. The summed E-state index contributed by atoms with van der Waals surface area (Å²) in [5.74, 6) is -0.0209. The average molecular weight is 230 g/mol. The number of nitrogens with zero attached hydrogens (tertiary/aromatic N) is 4. The van der Waals surface area contributed by atoms with Gasteiger partial charge in [-0.15, -0.1) is 0 Å². The molecule has 0 unspecified atom stereocenters. The zero-order valence-electron chi connectivity index (χ0n) is 10.1. The van der Waals surface area contributed by atoms with Crippen LogP contribution in [-0.4, -0.2) is 27.7 Å². The molecule has 5 nitrogen and oxygen atoms in total. The lowest BCUT2D eigenvalue weighted by molar-refractivity contribution is -0.116. The van der Waals surface area contributed by atoms with Crippen LogP contribution >= 0.6 is 0 Å². The molecule has 1 amide bonds. The third-order valence-electron chi connectivity index (χ3n) is 2.69. The summed E-state index contributed by atoms with van der Waals surface area (Å²) in [5.41, 5.74) is 2.76. The van der Waals surface area contributed by atoms with Gasteiger partial charge in [0.15, 0.2) is 0 Å². The smallest absolute Gasteiger partial charge is 0.223 e. The second-order valence-electron chi connectivity index (χ2n) is 3.88. The van der Waals surface area contributed by atoms with Crippen molar-refractivity contribution in [3.63, 3.8) is 0 Å². The van der Waals surface area contributed by atoms with Crippen molar-refractivity contribution in [3.05, 3.63) is 36.4 Å². The Balaban J connectivity index is 2.37. The van der Waals surface area contributed by atoms with Crippen molar-refractivity contribution in [2.45, 2.75) is 13.8 Å². The molecule has 0 aliphatic carbocycles. The summed E-state index contributed by atoms with van der Waals surface area (Å²) in [7, 11) is 1.72. The molecule has 5 heteroatoms. The fourth-order valence-corrected chi connectivity index (χ4v) is 1.50. The van der Waals surface area contributed by atoms with Crippen LogP contribution in [0.15, 0.2) is 30.9 Å². The molecular weight excluding hydrogens is 216 g/mol. The van der Waals surface area contributed by atoms with Gasteiger partial charge in [0.2, 0.25) is 5.91 Å². The molecule has 0 aromatic carbocycles. The van der Waals surface area contributed by atoms with Crippen molar-refractivity contribution in [1.29, 1.82) is 0 Å². The number of carbonyl (C=O) groups is 1. The quantitative estimate of drug-likeness (QED) is 0.786. The van der Waals surface area contributed by atoms with E-state index in [0.717, 1.165) is 16.9 Å². The zero-order valence-corrected chi connectivity index (χ0v) is 10.1. The minimum absolute atomic E-state index is 0.0209. The van der Waals surface area contributed by atoms with Crippen molar-refractivity contribution in [2.24, 2.45) is 0 Å². The molecule has 0 atom stereocenters. The van der Waals surface area contributed by atoms with Gasteiger partial charge < -0.3 is 4.90 Å². The number of rotatable bonds is 2. The van der Waals surface area contributed by atoms with E-state index in [-0.39, 0.29) is 5.91 Å². The molecule has 2 rings (SSSR count). The first-order valence-electron chi connectivity index (χ1n) is 5.29. The van der Waals surface area contributed by atoms with Crippen LogP contribution in [0.1, 0.15) is 12.5 Å². The largest absolute Gasteiger partial charge is 0.313 e. The summed E-state index contributed by atoms with van der Waals surface area (Å²) >= 11 is 0. The molecule has 2 aromatic rings. The highest BCUT2D eigenvalue weighted by Gasteiger charge is 2.09. The molecule has 0 fully saturated rings. The molecule has 0 N–H and O–H groups in total. The molecule has 0 saturated carbocycles. The van der Waals surface area contributed by atoms with Gasteiger partial charge in [-0.25, -0.2) is 4.68 Å². The maximum Gasteiger partial charge on any atom is 0.223 e. The molecule has 0 bridgehead atoms. The number of carbonyl (C=O) groups excluding carboxylic acids is 1. The summed E-state index contributed by atoms with van der Waals surface area (Å²) in [6.45, 7) is 3.51. The summed E-state index contributed by atoms with van der Waals surface area (Å²) < 4.78 is 1.72. The first-order chi connectivity index (χ1) is 8.09. The second-order valence-corrected chi connectivity index (χ2v) is 3.88. The minimum Gasteiger partial charge on any atom is -0.313 e. The van der Waals surface area contributed by atoms with E-state index in [4.69, 9.17) is 0 Å². The Hall–Kier alpha value is -2.17. The highest BCUT2D eigenvalue weighted by atomic mass is 16.2. The Kier molecular flexibility index (Phi) is 2.91. The maximum atomic E-state index is 11.2. The minimum atomic E-state index is -0.0209. The zero-order chi connectivity index (χ0) is 12.4. The first kappa shape index (κ1) is 11.3. The Morgan fingerprint density at radius 3 is 2.82 bits per heavy atom. The first-order valence-corrected chi connectivity index (χ1v) is 5.29. The van der Waals surface area contributed by atoms with Gasteiger partial charge in [0.05, 0.1) is 30.0 Å². The van der Waals surface area contributed by atoms with Crippen molar-refractivity contribution in [1.82, 2.24) is 14.8 Å². The number of amides is 1. The lowest BCUT2D eigenvalue weighted by atomic mass is 10.2. The predicted octanol–water partition coefficient (Wildman–Crippen LogP) is 1.56. The molecule has 0 saturated heterocycles. The lowest BCUT2D eigenvalue weighted by Crippen LogP contribution is -2.22. The second kappa shape index (κ2) is 4.37. The number of hydrogen-bond acceptors (Lipinski definition) is 3. The van der Waals surface area contributed by atoms with Gasteiger partial charge in [0, 0.05) is 20.2 Å². The summed E-state index contributed by atoms with van der Waals surface area (Å²) in [4.78, 5) is 16.9. The number of anilines is 1. The number of hydrogen-bond donors (Lipinski definition) is 0. The molecule has 2 heterocycles. The Morgan fingerprint density at radius 1 is 1.41 bits per heavy atom. The highest BCUT2D eigenvalue weighted by molar-refractivity contribution is 5.90. The van der Waals surface area contributed by atoms with Gasteiger partial charge in [-0.1, -0.05) is 0 Å². The van der Waals surface area contributed by atoms with Crippen LogP contribution in [0.25, 0.3) is 5.69 Å². The van der Waals surface area contributed by atoms with Gasteiger partial charge >= 0.3 is 0 Å². The normalized spacial score (nSPS) is 10.3. The van der Waals surface area contributed by atoms with Crippen LogP contribution in [0.5, 0.6) is 0 Å². The summed E-state index contributed by atoms with van der Waals surface area (Å²) in [6, 6.07) is 1.92. The van der Waals surface area contributed by atoms with Crippen LogP contribution in [0, 0.1) is 6.92 Å². The van der Waals surface area contributed by atoms with Crippen molar-refractivity contribution >= 4 is 11.6 Å². The molecular formula is C12H14N4O. The van der Waals surface area contributed by atoms with Crippen molar-refractivity contribution < 1.29 is 4.79 Å². The van der Waals surface area contributed by atoms with E-state index in [9.17, 15) is 4.79 Å². The van der Waals surface area contributed by atoms with E-state index in [2.05, 4.69) is 10.1 Å². The monoisotopic (exact) mass is 230 g/mol. The van der Waals surface area contributed by atoms with E-state index in [0.29, 0.717) is 0 Å².